The van der Waals surface area contributed by atoms with Crippen molar-refractivity contribution >= 4 is 11.6 Å². The van der Waals surface area contributed by atoms with Crippen LogP contribution in [0.1, 0.15) is 28.4 Å². The summed E-state index contributed by atoms with van der Waals surface area (Å²) >= 11 is 6.27. The normalized spacial score (nSPS) is 12.7. The summed E-state index contributed by atoms with van der Waals surface area (Å²) in [4.78, 5) is 0. The van der Waals surface area contributed by atoms with Crippen molar-refractivity contribution in [3.05, 3.63) is 51.8 Å². The molecule has 1 aromatic heterocycles. The fraction of sp³-hybridized carbons (Fsp3) is 0.357. The van der Waals surface area contributed by atoms with Crippen LogP contribution in [-0.4, -0.2) is 9.78 Å². The lowest BCUT2D eigenvalue weighted by Crippen LogP contribution is -2.29. The summed E-state index contributed by atoms with van der Waals surface area (Å²) in [7, 11) is 1.84. The molecule has 3 N–H and O–H groups in total. The highest BCUT2D eigenvalue weighted by molar-refractivity contribution is 6.30. The van der Waals surface area contributed by atoms with E-state index in [9.17, 15) is 0 Å². The minimum atomic E-state index is 0.0281. The summed E-state index contributed by atoms with van der Waals surface area (Å²) in [5.74, 6) is 5.69. The summed E-state index contributed by atoms with van der Waals surface area (Å²) in [6, 6.07) is 8.33. The molecule has 2 aromatic rings. The molecule has 0 fully saturated rings. The van der Waals surface area contributed by atoms with Crippen molar-refractivity contribution in [2.45, 2.75) is 26.3 Å². The van der Waals surface area contributed by atoms with Crippen LogP contribution in [0.25, 0.3) is 0 Å². The molecular weight excluding hydrogens is 260 g/mol. The predicted molar refractivity (Wildman–Crippen MR) is 77.9 cm³/mol. The maximum Gasteiger partial charge on any atom is 0.130 e. The molecule has 1 aromatic carbocycles. The van der Waals surface area contributed by atoms with Crippen LogP contribution in [0.15, 0.2) is 24.3 Å². The minimum absolute atomic E-state index is 0.0281. The quantitative estimate of drug-likeness (QED) is 0.667. The minimum Gasteiger partial charge on any atom is -0.271 e. The molecule has 1 atom stereocenters. The molecule has 1 heterocycles. The van der Waals surface area contributed by atoms with Crippen molar-refractivity contribution in [1.29, 1.82) is 0 Å². The van der Waals surface area contributed by atoms with Crippen molar-refractivity contribution in [2.75, 3.05) is 0 Å². The van der Waals surface area contributed by atoms with Crippen molar-refractivity contribution in [1.82, 2.24) is 15.2 Å². The number of hydrogen-bond acceptors (Lipinski definition) is 3. The third kappa shape index (κ3) is 2.97. The van der Waals surface area contributed by atoms with Gasteiger partial charge < -0.3 is 0 Å². The van der Waals surface area contributed by atoms with Crippen LogP contribution < -0.4 is 11.3 Å². The van der Waals surface area contributed by atoms with Gasteiger partial charge in [-0.05, 0) is 25.8 Å². The molecule has 0 spiro atoms. The van der Waals surface area contributed by atoms with E-state index < -0.39 is 0 Å². The molecule has 4 nitrogen and oxygen atoms in total. The molecule has 0 radical (unpaired) electrons. The Morgan fingerprint density at radius 2 is 2.16 bits per heavy atom. The zero-order valence-corrected chi connectivity index (χ0v) is 12.2. The standard InChI is InChI=1S/C14H19ClN4/c1-9-5-4-6-11(7-9)13(17-16)8-12-10(2)18-19(3)14(12)15/h4-7,13,17H,8,16H2,1-3H3. The van der Waals surface area contributed by atoms with Crippen LogP contribution in [0.4, 0.5) is 0 Å². The third-order valence-corrected chi connectivity index (χ3v) is 3.80. The smallest absolute Gasteiger partial charge is 0.130 e. The first kappa shape index (κ1) is 14.1. The van der Waals surface area contributed by atoms with Crippen LogP contribution in [0.3, 0.4) is 0 Å². The summed E-state index contributed by atoms with van der Waals surface area (Å²) < 4.78 is 1.69. The first-order valence-corrected chi connectivity index (χ1v) is 6.61. The first-order chi connectivity index (χ1) is 9.02. The lowest BCUT2D eigenvalue weighted by atomic mass is 9.98. The lowest BCUT2D eigenvalue weighted by molar-refractivity contribution is 0.550. The zero-order chi connectivity index (χ0) is 14.0. The predicted octanol–water partition coefficient (Wildman–Crippen LogP) is 2.44. The fourth-order valence-electron chi connectivity index (χ4n) is 2.27. The van der Waals surface area contributed by atoms with Crippen molar-refractivity contribution < 1.29 is 0 Å². The average molecular weight is 279 g/mol. The number of rotatable bonds is 4. The van der Waals surface area contributed by atoms with Gasteiger partial charge in [-0.1, -0.05) is 41.4 Å². The van der Waals surface area contributed by atoms with E-state index in [2.05, 4.69) is 35.6 Å². The van der Waals surface area contributed by atoms with Gasteiger partial charge >= 0.3 is 0 Å². The van der Waals surface area contributed by atoms with Crippen molar-refractivity contribution in [2.24, 2.45) is 12.9 Å². The summed E-state index contributed by atoms with van der Waals surface area (Å²) in [6.07, 6.45) is 0.721. The molecule has 0 aliphatic carbocycles. The van der Waals surface area contributed by atoms with E-state index in [1.807, 2.05) is 20.0 Å². The van der Waals surface area contributed by atoms with Crippen LogP contribution in [-0.2, 0) is 13.5 Å². The van der Waals surface area contributed by atoms with E-state index in [0.717, 1.165) is 23.2 Å². The van der Waals surface area contributed by atoms with Gasteiger partial charge in [0.05, 0.1) is 11.7 Å². The van der Waals surface area contributed by atoms with Gasteiger partial charge in [0.25, 0.3) is 0 Å². The zero-order valence-electron chi connectivity index (χ0n) is 11.4. The number of aromatic nitrogens is 2. The van der Waals surface area contributed by atoms with Gasteiger partial charge in [0.2, 0.25) is 0 Å². The maximum absolute atomic E-state index is 6.27. The Hall–Kier alpha value is -1.36. The number of aryl methyl sites for hydroxylation is 3. The number of halogens is 1. The monoisotopic (exact) mass is 278 g/mol. The van der Waals surface area contributed by atoms with Crippen molar-refractivity contribution in [3.63, 3.8) is 0 Å². The van der Waals surface area contributed by atoms with Crippen molar-refractivity contribution in [3.8, 4) is 0 Å². The molecule has 19 heavy (non-hydrogen) atoms. The van der Waals surface area contributed by atoms with Gasteiger partial charge in [-0.3, -0.25) is 16.0 Å². The van der Waals surface area contributed by atoms with E-state index in [0.29, 0.717) is 5.15 Å². The third-order valence-electron chi connectivity index (χ3n) is 3.32. The molecule has 0 aliphatic rings. The Kier molecular flexibility index (Phi) is 4.24. The molecule has 0 saturated carbocycles. The summed E-state index contributed by atoms with van der Waals surface area (Å²) in [6.45, 7) is 4.03. The molecular formula is C14H19ClN4. The Bertz CT molecular complexity index is 577. The average Bonchev–Trinajstić information content (AvgIpc) is 2.61. The van der Waals surface area contributed by atoms with Gasteiger partial charge in [-0.2, -0.15) is 5.10 Å². The van der Waals surface area contributed by atoms with Gasteiger partial charge in [0.1, 0.15) is 5.15 Å². The topological polar surface area (TPSA) is 55.9 Å². The molecule has 0 amide bonds. The number of nitrogens with one attached hydrogen (secondary N) is 1. The highest BCUT2D eigenvalue weighted by Gasteiger charge is 2.17. The lowest BCUT2D eigenvalue weighted by Gasteiger charge is -2.17. The Labute approximate surface area is 118 Å². The number of nitrogens with two attached hydrogens (primary N) is 1. The Morgan fingerprint density at radius 3 is 2.68 bits per heavy atom. The Balaban J connectivity index is 2.29. The number of benzene rings is 1. The second-order valence-electron chi connectivity index (χ2n) is 4.82. The van der Waals surface area contributed by atoms with Crippen LogP contribution >= 0.6 is 11.6 Å². The number of hydrogen-bond donors (Lipinski definition) is 2. The largest absolute Gasteiger partial charge is 0.271 e. The molecule has 0 aliphatic heterocycles. The van der Waals surface area contributed by atoms with E-state index in [4.69, 9.17) is 17.4 Å². The maximum atomic E-state index is 6.27. The second-order valence-corrected chi connectivity index (χ2v) is 5.17. The number of nitrogens with zero attached hydrogens (tertiary/aromatic N) is 2. The van der Waals surface area contributed by atoms with Crippen LogP contribution in [0, 0.1) is 13.8 Å². The van der Waals surface area contributed by atoms with E-state index in [-0.39, 0.29) is 6.04 Å². The van der Waals surface area contributed by atoms with E-state index in [1.165, 1.54) is 5.56 Å². The summed E-state index contributed by atoms with van der Waals surface area (Å²) in [5, 5.41) is 5.00. The van der Waals surface area contributed by atoms with E-state index >= 15 is 0 Å². The van der Waals surface area contributed by atoms with Crippen LogP contribution in [0.5, 0.6) is 0 Å². The van der Waals surface area contributed by atoms with Gasteiger partial charge in [0.15, 0.2) is 0 Å². The number of hydrazine groups is 1. The van der Waals surface area contributed by atoms with E-state index in [1.54, 1.807) is 4.68 Å². The molecule has 102 valence electrons. The molecule has 5 heteroatoms. The molecule has 0 bridgehead atoms. The van der Waals surface area contributed by atoms with Gasteiger partial charge in [-0.15, -0.1) is 0 Å². The highest BCUT2D eigenvalue weighted by Crippen LogP contribution is 2.25. The van der Waals surface area contributed by atoms with Crippen LogP contribution in [0.2, 0.25) is 5.15 Å². The SMILES string of the molecule is Cc1cccc(C(Cc2c(C)nn(C)c2Cl)NN)c1. The molecule has 1 unspecified atom stereocenters. The fourth-order valence-corrected chi connectivity index (χ4v) is 2.52. The van der Waals surface area contributed by atoms with Gasteiger partial charge in [0, 0.05) is 12.6 Å². The first-order valence-electron chi connectivity index (χ1n) is 6.23. The van der Waals surface area contributed by atoms with Gasteiger partial charge in [-0.25, -0.2) is 0 Å². The Morgan fingerprint density at radius 1 is 1.42 bits per heavy atom. The summed E-state index contributed by atoms with van der Waals surface area (Å²) in [5.41, 5.74) is 7.21. The highest BCUT2D eigenvalue weighted by atomic mass is 35.5. The second kappa shape index (κ2) is 5.74. The molecule has 0 saturated heterocycles. The molecule has 2 rings (SSSR count).